The van der Waals surface area contributed by atoms with Crippen LogP contribution in [0.3, 0.4) is 0 Å². The van der Waals surface area contributed by atoms with Crippen molar-refractivity contribution in [2.24, 2.45) is 0 Å². The minimum Gasteiger partial charge on any atom is -0.373 e. The molecule has 2 heterocycles. The lowest BCUT2D eigenvalue weighted by Gasteiger charge is -2.34. The molecule has 1 aliphatic heterocycles. The molecule has 0 radical (unpaired) electrons. The summed E-state index contributed by atoms with van der Waals surface area (Å²) < 4.78 is 59.5. The van der Waals surface area contributed by atoms with Gasteiger partial charge in [-0.05, 0) is 56.3 Å². The van der Waals surface area contributed by atoms with Crippen LogP contribution in [-0.4, -0.2) is 75.7 Å². The van der Waals surface area contributed by atoms with Crippen LogP contribution in [-0.2, 0) is 24.8 Å². The second-order valence-corrected chi connectivity index (χ2v) is 13.6. The molecule has 3 aromatic rings. The minimum atomic E-state index is -3.71. The second kappa shape index (κ2) is 9.56. The van der Waals surface area contributed by atoms with Gasteiger partial charge in [-0.25, -0.2) is 26.1 Å². The zero-order valence-electron chi connectivity index (χ0n) is 19.6. The van der Waals surface area contributed by atoms with Gasteiger partial charge in [0.05, 0.1) is 32.2 Å². The van der Waals surface area contributed by atoms with E-state index >= 15 is 0 Å². The van der Waals surface area contributed by atoms with E-state index in [4.69, 9.17) is 4.74 Å². The monoisotopic (exact) mass is 538 g/mol. The largest absolute Gasteiger partial charge is 0.373 e. The van der Waals surface area contributed by atoms with Crippen molar-refractivity contribution in [1.29, 1.82) is 0 Å². The van der Waals surface area contributed by atoms with Crippen molar-refractivity contribution in [2.75, 3.05) is 32.5 Å². The van der Waals surface area contributed by atoms with Gasteiger partial charge in [-0.15, -0.1) is 0 Å². The number of anilines is 1. The van der Waals surface area contributed by atoms with Crippen molar-refractivity contribution in [3.8, 4) is 0 Å². The molecule has 2 aromatic carbocycles. The average Bonchev–Trinajstić information content (AvgIpc) is 3.19. The Morgan fingerprint density at radius 2 is 1.63 bits per heavy atom. The molecule has 1 saturated heterocycles. The fourth-order valence-corrected chi connectivity index (χ4v) is 7.25. The molecule has 0 aliphatic carbocycles. The quantitative estimate of drug-likeness (QED) is 0.511. The van der Waals surface area contributed by atoms with Crippen LogP contribution in [0.2, 0.25) is 0 Å². The molecule has 1 N–H and O–H groups in total. The van der Waals surface area contributed by atoms with Crippen LogP contribution in [0.25, 0.3) is 10.2 Å². The first-order valence-corrected chi connectivity index (χ1v) is 14.5. The van der Waals surface area contributed by atoms with Crippen LogP contribution in [0.4, 0.5) is 5.13 Å². The highest BCUT2D eigenvalue weighted by Crippen LogP contribution is 2.29. The molecule has 10 nitrogen and oxygen atoms in total. The molecular formula is C22H26N4O6S3. The number of carbonyl (C=O) groups is 1. The van der Waals surface area contributed by atoms with E-state index in [0.29, 0.717) is 15.3 Å². The standard InChI is InChI=1S/C22H26N4O6S3/c1-14-12-26(13-15(2)32-14)35(30,31)17-7-5-16(6-8-17)21(27)24-22-23-19-10-9-18(11-20(19)33-22)34(28,29)25(3)4/h5-11,14-15H,12-13H2,1-4H3,(H,23,24,27). The molecular weight excluding hydrogens is 512 g/mol. The van der Waals surface area contributed by atoms with E-state index in [-0.39, 0.29) is 40.7 Å². The first kappa shape index (κ1) is 25.7. The Labute approximate surface area is 208 Å². The van der Waals surface area contributed by atoms with E-state index in [9.17, 15) is 21.6 Å². The van der Waals surface area contributed by atoms with E-state index in [1.807, 2.05) is 13.8 Å². The SMILES string of the molecule is CC1CN(S(=O)(=O)c2ccc(C(=O)Nc3nc4ccc(S(=O)(=O)N(C)C)cc4s3)cc2)CC(C)O1. The zero-order valence-corrected chi connectivity index (χ0v) is 22.1. The summed E-state index contributed by atoms with van der Waals surface area (Å²) in [6.45, 7) is 4.19. The maximum absolute atomic E-state index is 13.0. The third-order valence-corrected chi connectivity index (χ3v) is 10.1. The summed E-state index contributed by atoms with van der Waals surface area (Å²) in [6, 6.07) is 10.3. The first-order valence-electron chi connectivity index (χ1n) is 10.8. The van der Waals surface area contributed by atoms with Gasteiger partial charge in [0.25, 0.3) is 5.91 Å². The molecule has 1 aliphatic rings. The van der Waals surface area contributed by atoms with Crippen LogP contribution in [0.15, 0.2) is 52.3 Å². The predicted octanol–water partition coefficient (Wildman–Crippen LogP) is 2.60. The fourth-order valence-electron chi connectivity index (χ4n) is 3.75. The van der Waals surface area contributed by atoms with Crippen molar-refractivity contribution in [3.05, 3.63) is 48.0 Å². The summed E-state index contributed by atoms with van der Waals surface area (Å²) in [7, 11) is -4.39. The molecule has 0 bridgehead atoms. The highest BCUT2D eigenvalue weighted by molar-refractivity contribution is 7.89. The van der Waals surface area contributed by atoms with E-state index in [2.05, 4.69) is 10.3 Å². The van der Waals surface area contributed by atoms with Gasteiger partial charge in [-0.3, -0.25) is 10.1 Å². The van der Waals surface area contributed by atoms with Gasteiger partial charge in [0, 0.05) is 32.7 Å². The summed E-state index contributed by atoms with van der Waals surface area (Å²) in [4.78, 5) is 17.3. The Morgan fingerprint density at radius 3 is 2.23 bits per heavy atom. The number of ether oxygens (including phenoxy) is 1. The van der Waals surface area contributed by atoms with Gasteiger partial charge < -0.3 is 4.74 Å². The lowest BCUT2D eigenvalue weighted by atomic mass is 10.2. The van der Waals surface area contributed by atoms with E-state index in [1.54, 1.807) is 6.07 Å². The third-order valence-electron chi connectivity index (χ3n) is 5.50. The Balaban J connectivity index is 1.50. The summed E-state index contributed by atoms with van der Waals surface area (Å²) >= 11 is 1.15. The molecule has 1 fully saturated rings. The van der Waals surface area contributed by atoms with Gasteiger partial charge in [-0.1, -0.05) is 11.3 Å². The van der Waals surface area contributed by atoms with Gasteiger partial charge in [0.2, 0.25) is 20.0 Å². The summed E-state index contributed by atoms with van der Waals surface area (Å²) in [5, 5.41) is 3.00. The number of carbonyl (C=O) groups excluding carboxylic acids is 1. The molecule has 1 aromatic heterocycles. The minimum absolute atomic E-state index is 0.102. The Bertz CT molecular complexity index is 1460. The summed E-state index contributed by atoms with van der Waals surface area (Å²) in [6.07, 6.45) is -0.405. The Morgan fingerprint density at radius 1 is 1.03 bits per heavy atom. The number of sulfonamides is 2. The third kappa shape index (κ3) is 5.25. The van der Waals surface area contributed by atoms with Crippen LogP contribution in [0, 0.1) is 0 Å². The first-order chi connectivity index (χ1) is 16.4. The summed E-state index contributed by atoms with van der Waals surface area (Å²) in [5.74, 6) is -0.456. The number of rotatable bonds is 6. The number of thiazole rings is 1. The molecule has 0 saturated carbocycles. The van der Waals surface area contributed by atoms with Crippen LogP contribution >= 0.6 is 11.3 Å². The van der Waals surface area contributed by atoms with Crippen molar-refractivity contribution in [3.63, 3.8) is 0 Å². The number of morpholine rings is 1. The number of benzene rings is 2. The maximum Gasteiger partial charge on any atom is 0.257 e. The topological polar surface area (TPSA) is 126 Å². The molecule has 35 heavy (non-hydrogen) atoms. The van der Waals surface area contributed by atoms with Gasteiger partial charge >= 0.3 is 0 Å². The zero-order chi connectivity index (χ0) is 25.5. The molecule has 13 heteroatoms. The van der Waals surface area contributed by atoms with Crippen LogP contribution in [0.5, 0.6) is 0 Å². The van der Waals surface area contributed by atoms with Gasteiger partial charge in [-0.2, -0.15) is 4.31 Å². The van der Waals surface area contributed by atoms with Crippen molar-refractivity contribution in [2.45, 2.75) is 35.8 Å². The van der Waals surface area contributed by atoms with Crippen molar-refractivity contribution >= 4 is 52.6 Å². The average molecular weight is 539 g/mol. The maximum atomic E-state index is 13.0. The number of fused-ring (bicyclic) bond motifs is 1. The molecule has 2 atom stereocenters. The predicted molar refractivity (Wildman–Crippen MR) is 134 cm³/mol. The smallest absolute Gasteiger partial charge is 0.257 e. The van der Waals surface area contributed by atoms with Crippen LogP contribution < -0.4 is 5.32 Å². The second-order valence-electron chi connectivity index (χ2n) is 8.49. The molecule has 188 valence electrons. The molecule has 2 unspecified atom stereocenters. The molecule has 4 rings (SSSR count). The highest BCUT2D eigenvalue weighted by atomic mass is 32.2. The van der Waals surface area contributed by atoms with Gasteiger partial charge in [0.1, 0.15) is 0 Å². The number of hydrogen-bond acceptors (Lipinski definition) is 8. The van der Waals surface area contributed by atoms with E-state index < -0.39 is 26.0 Å². The normalized spacial score (nSPS) is 19.8. The summed E-state index contributed by atoms with van der Waals surface area (Å²) in [5.41, 5.74) is 0.821. The van der Waals surface area contributed by atoms with Crippen molar-refractivity contribution in [1.82, 2.24) is 13.6 Å². The number of nitrogens with one attached hydrogen (secondary N) is 1. The number of hydrogen-bond donors (Lipinski definition) is 1. The number of nitrogens with zero attached hydrogens (tertiary/aromatic N) is 3. The van der Waals surface area contributed by atoms with E-state index in [0.717, 1.165) is 15.6 Å². The van der Waals surface area contributed by atoms with Gasteiger partial charge in [0.15, 0.2) is 5.13 Å². The lowest BCUT2D eigenvalue weighted by Crippen LogP contribution is -2.48. The Kier molecular flexibility index (Phi) is 7.01. The fraction of sp³-hybridized carbons (Fsp3) is 0.364. The van der Waals surface area contributed by atoms with Crippen molar-refractivity contribution < 1.29 is 26.4 Å². The Hall–Kier alpha value is -2.42. The molecule has 1 amide bonds. The van der Waals surface area contributed by atoms with E-state index in [1.165, 1.54) is 54.8 Å². The number of amides is 1. The lowest BCUT2D eigenvalue weighted by molar-refractivity contribution is -0.0440. The molecule has 0 spiro atoms. The van der Waals surface area contributed by atoms with Crippen LogP contribution in [0.1, 0.15) is 24.2 Å². The number of aromatic nitrogens is 1. The highest BCUT2D eigenvalue weighted by Gasteiger charge is 2.32.